The summed E-state index contributed by atoms with van der Waals surface area (Å²) in [7, 11) is 1.32. The van der Waals surface area contributed by atoms with Crippen LogP contribution in [0.25, 0.3) is 11.3 Å². The molecule has 41 heavy (non-hydrogen) atoms. The standard InChI is InChI=1S/C25H22F9N5O2/c1-13-7-15(36-37-20(13)17-11-39(2)38-21(17)24(29,30)31)3-4-16(40)8-14-9-18(23(26,27)28)35-19(10-14)41-12-22(5-6-22)25(32,33)34/h7,9-11H,3-6,8,12H2,1-2H3. The first-order valence-corrected chi connectivity index (χ1v) is 12.1. The van der Waals surface area contributed by atoms with Gasteiger partial charge in [0.25, 0.3) is 0 Å². The van der Waals surface area contributed by atoms with Gasteiger partial charge in [0.1, 0.15) is 23.5 Å². The Hall–Kier alpha value is -3.72. The van der Waals surface area contributed by atoms with Crippen molar-refractivity contribution >= 4 is 5.78 Å². The number of ether oxygens (including phenoxy) is 1. The minimum Gasteiger partial charge on any atom is -0.477 e. The summed E-state index contributed by atoms with van der Waals surface area (Å²) in [4.78, 5) is 15.8. The van der Waals surface area contributed by atoms with Crippen molar-refractivity contribution in [2.24, 2.45) is 12.5 Å². The number of aromatic nitrogens is 5. The van der Waals surface area contributed by atoms with Crippen molar-refractivity contribution in [1.82, 2.24) is 25.0 Å². The summed E-state index contributed by atoms with van der Waals surface area (Å²) in [5.41, 5.74) is -4.57. The van der Waals surface area contributed by atoms with Gasteiger partial charge in [-0.2, -0.15) is 49.7 Å². The van der Waals surface area contributed by atoms with Gasteiger partial charge in [-0.15, -0.1) is 5.10 Å². The maximum Gasteiger partial charge on any atom is 0.435 e. The van der Waals surface area contributed by atoms with Gasteiger partial charge < -0.3 is 4.74 Å². The lowest BCUT2D eigenvalue weighted by atomic mass is 10.0. The van der Waals surface area contributed by atoms with Crippen LogP contribution >= 0.6 is 0 Å². The Morgan fingerprint density at radius 1 is 1.00 bits per heavy atom. The average molecular weight is 595 g/mol. The molecule has 0 amide bonds. The fourth-order valence-electron chi connectivity index (χ4n) is 4.14. The van der Waals surface area contributed by atoms with Gasteiger partial charge in [0, 0.05) is 32.2 Å². The van der Waals surface area contributed by atoms with Gasteiger partial charge in [0.05, 0.1) is 17.0 Å². The lowest BCUT2D eigenvalue weighted by Gasteiger charge is -2.19. The van der Waals surface area contributed by atoms with Crippen molar-refractivity contribution in [3.8, 4) is 17.1 Å². The highest BCUT2D eigenvalue weighted by atomic mass is 19.4. The zero-order valence-corrected chi connectivity index (χ0v) is 21.5. The summed E-state index contributed by atoms with van der Waals surface area (Å²) in [6, 6.07) is 3.05. The maximum atomic E-state index is 13.3. The second-order valence-corrected chi connectivity index (χ2v) is 9.91. The number of carbonyl (C=O) groups excluding carboxylic acids is 1. The van der Waals surface area contributed by atoms with Crippen LogP contribution in [0.2, 0.25) is 0 Å². The van der Waals surface area contributed by atoms with Crippen LogP contribution in [0.1, 0.15) is 47.5 Å². The topological polar surface area (TPSA) is 82.8 Å². The molecule has 0 N–H and O–H groups in total. The van der Waals surface area contributed by atoms with E-state index in [9.17, 15) is 44.3 Å². The van der Waals surface area contributed by atoms with E-state index in [1.807, 2.05) is 0 Å². The zero-order valence-electron chi connectivity index (χ0n) is 21.5. The Balaban J connectivity index is 1.44. The summed E-state index contributed by atoms with van der Waals surface area (Å²) in [6.45, 7) is 0.611. The monoisotopic (exact) mass is 595 g/mol. The van der Waals surface area contributed by atoms with Gasteiger partial charge in [-0.25, -0.2) is 4.98 Å². The van der Waals surface area contributed by atoms with Crippen LogP contribution in [-0.2, 0) is 37.0 Å². The molecule has 3 heterocycles. The van der Waals surface area contributed by atoms with E-state index in [4.69, 9.17) is 4.74 Å². The molecule has 0 bridgehead atoms. The van der Waals surface area contributed by atoms with E-state index in [1.54, 1.807) is 0 Å². The molecule has 1 aliphatic carbocycles. The van der Waals surface area contributed by atoms with E-state index >= 15 is 0 Å². The van der Waals surface area contributed by atoms with Crippen molar-refractivity contribution in [2.45, 2.75) is 57.6 Å². The van der Waals surface area contributed by atoms with Gasteiger partial charge in [-0.3, -0.25) is 9.48 Å². The minimum atomic E-state index is -4.94. The zero-order chi connectivity index (χ0) is 30.4. The summed E-state index contributed by atoms with van der Waals surface area (Å²) in [6.07, 6.45) is -14.2. The molecule has 3 aromatic rings. The fourth-order valence-corrected chi connectivity index (χ4v) is 4.14. The van der Waals surface area contributed by atoms with E-state index in [1.165, 1.54) is 20.0 Å². The molecule has 4 rings (SSSR count). The molecule has 3 aromatic heterocycles. The number of alkyl halides is 9. The Kier molecular flexibility index (Phi) is 7.82. The number of rotatable bonds is 9. The van der Waals surface area contributed by atoms with Gasteiger partial charge >= 0.3 is 18.5 Å². The predicted octanol–water partition coefficient (Wildman–Crippen LogP) is 6.08. The van der Waals surface area contributed by atoms with Gasteiger partial charge in [-0.1, -0.05) is 0 Å². The molecular weight excluding hydrogens is 573 g/mol. The smallest absolute Gasteiger partial charge is 0.435 e. The van der Waals surface area contributed by atoms with Crippen LogP contribution in [0.15, 0.2) is 24.4 Å². The Labute approximate surface area is 226 Å². The number of hydrogen-bond donors (Lipinski definition) is 0. The average Bonchev–Trinajstić information content (AvgIpc) is 3.55. The molecule has 222 valence electrons. The van der Waals surface area contributed by atoms with Crippen LogP contribution in [-0.4, -0.2) is 43.5 Å². The van der Waals surface area contributed by atoms with Crippen LogP contribution in [0.3, 0.4) is 0 Å². The molecule has 1 saturated carbocycles. The molecular formula is C25H22F9N5O2. The van der Waals surface area contributed by atoms with Crippen molar-refractivity contribution in [2.75, 3.05) is 6.61 Å². The number of halogens is 9. The molecule has 0 aliphatic heterocycles. The lowest BCUT2D eigenvalue weighted by molar-refractivity contribution is -0.194. The minimum absolute atomic E-state index is 0.0131. The van der Waals surface area contributed by atoms with E-state index in [-0.39, 0.29) is 48.2 Å². The highest BCUT2D eigenvalue weighted by molar-refractivity contribution is 5.81. The van der Waals surface area contributed by atoms with Crippen LogP contribution in [0, 0.1) is 12.3 Å². The maximum absolute atomic E-state index is 13.3. The number of pyridine rings is 1. The first kappa shape index (κ1) is 30.2. The second-order valence-electron chi connectivity index (χ2n) is 9.91. The highest BCUT2D eigenvalue weighted by Crippen LogP contribution is 2.57. The summed E-state index contributed by atoms with van der Waals surface area (Å²) in [5.74, 6) is -1.21. The largest absolute Gasteiger partial charge is 0.477 e. The summed E-state index contributed by atoms with van der Waals surface area (Å²) < 4.78 is 125. The number of Topliss-reactive ketones (excluding diaryl/α,β-unsaturated/α-hetero) is 1. The first-order chi connectivity index (χ1) is 18.9. The SMILES string of the molecule is Cc1cc(CCC(=O)Cc2cc(OCC3(C(F)(F)F)CC3)nc(C(F)(F)F)c2)nnc1-c1cn(C)nc1C(F)(F)F. The van der Waals surface area contributed by atoms with Crippen LogP contribution in [0.4, 0.5) is 39.5 Å². The van der Waals surface area contributed by atoms with Gasteiger partial charge in [0.2, 0.25) is 5.88 Å². The van der Waals surface area contributed by atoms with Gasteiger partial charge in [0.15, 0.2) is 5.69 Å². The number of ketones is 1. The number of aryl methyl sites for hydroxylation is 3. The van der Waals surface area contributed by atoms with Crippen molar-refractivity contribution in [3.05, 3.63) is 52.6 Å². The fraction of sp³-hybridized carbons (Fsp3) is 0.480. The third kappa shape index (κ3) is 6.96. The third-order valence-corrected chi connectivity index (χ3v) is 6.55. The molecule has 0 saturated heterocycles. The summed E-state index contributed by atoms with van der Waals surface area (Å²) >= 11 is 0. The number of nitrogens with zero attached hydrogens (tertiary/aromatic N) is 5. The molecule has 7 nitrogen and oxygen atoms in total. The van der Waals surface area contributed by atoms with Crippen molar-refractivity contribution in [3.63, 3.8) is 0 Å². The predicted molar refractivity (Wildman–Crippen MR) is 123 cm³/mol. The Bertz CT molecular complexity index is 1440. The highest BCUT2D eigenvalue weighted by Gasteiger charge is 2.64. The molecule has 16 heteroatoms. The first-order valence-electron chi connectivity index (χ1n) is 12.1. The van der Waals surface area contributed by atoms with Crippen LogP contribution in [0.5, 0.6) is 5.88 Å². The summed E-state index contributed by atoms with van der Waals surface area (Å²) in [5, 5.41) is 11.2. The molecule has 0 radical (unpaired) electrons. The molecule has 0 unspecified atom stereocenters. The third-order valence-electron chi connectivity index (χ3n) is 6.55. The van der Waals surface area contributed by atoms with Crippen molar-refractivity contribution < 1.29 is 49.0 Å². The molecule has 1 aliphatic rings. The van der Waals surface area contributed by atoms with E-state index in [2.05, 4.69) is 20.3 Å². The van der Waals surface area contributed by atoms with Crippen molar-refractivity contribution in [1.29, 1.82) is 0 Å². The molecule has 0 aromatic carbocycles. The number of hydrogen-bond acceptors (Lipinski definition) is 6. The van der Waals surface area contributed by atoms with E-state index in [0.29, 0.717) is 11.6 Å². The normalized spacial score (nSPS) is 15.2. The van der Waals surface area contributed by atoms with Crippen LogP contribution < -0.4 is 4.74 Å². The Morgan fingerprint density at radius 3 is 2.24 bits per heavy atom. The molecule has 0 spiro atoms. The van der Waals surface area contributed by atoms with E-state index < -0.39 is 60.0 Å². The quantitative estimate of drug-likeness (QED) is 0.279. The number of carbonyl (C=O) groups is 1. The second kappa shape index (κ2) is 10.6. The van der Waals surface area contributed by atoms with Gasteiger partial charge in [-0.05, 0) is 49.4 Å². The Morgan fingerprint density at radius 2 is 1.68 bits per heavy atom. The molecule has 0 atom stereocenters. The lowest BCUT2D eigenvalue weighted by Crippen LogP contribution is -2.30. The van der Waals surface area contributed by atoms with E-state index in [0.717, 1.165) is 16.9 Å². The molecule has 1 fully saturated rings.